The zero-order valence-electron chi connectivity index (χ0n) is 34.5. The smallest absolute Gasteiger partial charge is 0.136 e. The van der Waals surface area contributed by atoms with E-state index >= 15 is 0 Å². The van der Waals surface area contributed by atoms with Crippen molar-refractivity contribution in [3.63, 3.8) is 0 Å². The third-order valence-electron chi connectivity index (χ3n) is 13.3. The van der Waals surface area contributed by atoms with Crippen molar-refractivity contribution < 1.29 is 8.83 Å². The van der Waals surface area contributed by atoms with Crippen LogP contribution >= 0.6 is 0 Å². The molecule has 64 heavy (non-hydrogen) atoms. The zero-order valence-corrected chi connectivity index (χ0v) is 34.5. The lowest BCUT2D eigenvalue weighted by atomic mass is 9.98. The van der Waals surface area contributed by atoms with Gasteiger partial charge in [-0.2, -0.15) is 0 Å². The highest BCUT2D eigenvalue weighted by Crippen LogP contribution is 2.41. The molecule has 0 saturated heterocycles. The predicted molar refractivity (Wildman–Crippen MR) is 266 cm³/mol. The normalized spacial score (nSPS) is 12.1. The van der Waals surface area contributed by atoms with Gasteiger partial charge in [-0.15, -0.1) is 0 Å². The molecule has 14 aromatic rings. The highest BCUT2D eigenvalue weighted by atomic mass is 16.3. The fourth-order valence-corrected chi connectivity index (χ4v) is 10.3. The van der Waals surface area contributed by atoms with Crippen LogP contribution in [0.3, 0.4) is 0 Å². The Kier molecular flexibility index (Phi) is 7.36. The number of rotatable bonds is 5. The molecule has 0 N–H and O–H groups in total. The molecule has 4 aromatic heterocycles. The molecule has 0 radical (unpaired) electrons. The summed E-state index contributed by atoms with van der Waals surface area (Å²) < 4.78 is 17.8. The number of fused-ring (bicyclic) bond motifs is 12. The lowest BCUT2D eigenvalue weighted by Gasteiger charge is -2.11. The van der Waals surface area contributed by atoms with E-state index in [1.165, 1.54) is 54.7 Å². The molecule has 4 heterocycles. The Morgan fingerprint density at radius 3 is 1.19 bits per heavy atom. The Balaban J connectivity index is 0.805. The summed E-state index contributed by atoms with van der Waals surface area (Å²) in [4.78, 5) is 0. The van der Waals surface area contributed by atoms with Gasteiger partial charge in [0, 0.05) is 54.5 Å². The molecule has 0 atom stereocenters. The minimum Gasteiger partial charge on any atom is -0.456 e. The molecule has 0 aliphatic carbocycles. The molecule has 0 fully saturated rings. The summed E-state index contributed by atoms with van der Waals surface area (Å²) in [6.45, 7) is 0. The van der Waals surface area contributed by atoms with Gasteiger partial charge < -0.3 is 18.0 Å². The number of benzene rings is 10. The largest absolute Gasteiger partial charge is 0.456 e. The number of aromatic nitrogens is 2. The molecular formula is C60H36N2O2. The maximum Gasteiger partial charge on any atom is 0.136 e. The SMILES string of the molecule is c1ccc(-n2c3ccccc3c3cc(-c4ccc5oc6cc7c(cc6c5c4)oc4ccc(-c5ccc(-c6cccc(-n8c9ccccc9c9ccccc98)c6)cc5)cc47)ccc32)cc1. The van der Waals surface area contributed by atoms with E-state index in [-0.39, 0.29) is 0 Å². The molecule has 0 unspecified atom stereocenters. The maximum atomic E-state index is 6.55. The lowest BCUT2D eigenvalue weighted by molar-refractivity contribution is 0.664. The molecule has 0 aliphatic heterocycles. The van der Waals surface area contributed by atoms with E-state index in [2.05, 4.69) is 228 Å². The first-order valence-corrected chi connectivity index (χ1v) is 21.8. The summed E-state index contributed by atoms with van der Waals surface area (Å²) in [5.74, 6) is 0. The van der Waals surface area contributed by atoms with Gasteiger partial charge in [0.2, 0.25) is 0 Å². The second-order valence-corrected chi connectivity index (χ2v) is 16.9. The van der Waals surface area contributed by atoms with E-state index in [1.807, 2.05) is 0 Å². The van der Waals surface area contributed by atoms with Crippen LogP contribution in [-0.2, 0) is 0 Å². The number of furan rings is 2. The first-order chi connectivity index (χ1) is 31.7. The van der Waals surface area contributed by atoms with Gasteiger partial charge in [-0.25, -0.2) is 0 Å². The van der Waals surface area contributed by atoms with Crippen LogP contribution in [0.2, 0.25) is 0 Å². The quantitative estimate of drug-likeness (QED) is 0.173. The van der Waals surface area contributed by atoms with Crippen molar-refractivity contribution in [1.82, 2.24) is 9.13 Å². The molecule has 0 spiro atoms. The number of nitrogens with zero attached hydrogens (tertiary/aromatic N) is 2. The third kappa shape index (κ3) is 5.23. The van der Waals surface area contributed by atoms with E-state index in [0.29, 0.717) is 0 Å². The van der Waals surface area contributed by atoms with E-state index in [4.69, 9.17) is 8.83 Å². The molecule has 4 heteroatoms. The Morgan fingerprint density at radius 1 is 0.219 bits per heavy atom. The highest BCUT2D eigenvalue weighted by molar-refractivity contribution is 6.16. The maximum absolute atomic E-state index is 6.55. The van der Waals surface area contributed by atoms with Crippen molar-refractivity contribution in [2.24, 2.45) is 0 Å². The molecule has 0 aliphatic rings. The van der Waals surface area contributed by atoms with Crippen LogP contribution in [0.1, 0.15) is 0 Å². The van der Waals surface area contributed by atoms with Crippen molar-refractivity contribution in [3.05, 3.63) is 218 Å². The van der Waals surface area contributed by atoms with Crippen molar-refractivity contribution in [2.45, 2.75) is 0 Å². The van der Waals surface area contributed by atoms with Gasteiger partial charge in [-0.1, -0.05) is 127 Å². The van der Waals surface area contributed by atoms with E-state index in [9.17, 15) is 0 Å². The number of para-hydroxylation sites is 4. The minimum absolute atomic E-state index is 0.848. The van der Waals surface area contributed by atoms with Crippen LogP contribution in [0.15, 0.2) is 227 Å². The Hall–Kier alpha value is -8.60. The summed E-state index contributed by atoms with van der Waals surface area (Å²) in [6.07, 6.45) is 0. The summed E-state index contributed by atoms with van der Waals surface area (Å²) in [6, 6.07) is 78.5. The molecule has 0 bridgehead atoms. The Morgan fingerprint density at radius 2 is 0.609 bits per heavy atom. The van der Waals surface area contributed by atoms with Crippen molar-refractivity contribution in [1.29, 1.82) is 0 Å². The first-order valence-electron chi connectivity index (χ1n) is 21.8. The molecule has 10 aromatic carbocycles. The van der Waals surface area contributed by atoms with Crippen molar-refractivity contribution in [3.8, 4) is 44.8 Å². The minimum atomic E-state index is 0.848. The fourth-order valence-electron chi connectivity index (χ4n) is 10.3. The van der Waals surface area contributed by atoms with Gasteiger partial charge in [-0.05, 0) is 124 Å². The molecule has 4 nitrogen and oxygen atoms in total. The third-order valence-corrected chi connectivity index (χ3v) is 13.3. The van der Waals surface area contributed by atoms with Crippen LogP contribution in [0.5, 0.6) is 0 Å². The summed E-state index contributed by atoms with van der Waals surface area (Å²) >= 11 is 0. The van der Waals surface area contributed by atoms with Gasteiger partial charge in [-0.3, -0.25) is 0 Å². The van der Waals surface area contributed by atoms with Crippen LogP contribution in [-0.4, -0.2) is 9.13 Å². The average Bonchev–Trinajstić information content (AvgIpc) is 4.10. The van der Waals surface area contributed by atoms with Crippen LogP contribution in [0.25, 0.3) is 132 Å². The van der Waals surface area contributed by atoms with Gasteiger partial charge in [0.05, 0.1) is 22.1 Å². The summed E-state index contributed by atoms with van der Waals surface area (Å²) in [7, 11) is 0. The van der Waals surface area contributed by atoms with E-state index in [0.717, 1.165) is 77.5 Å². The topological polar surface area (TPSA) is 36.1 Å². The van der Waals surface area contributed by atoms with Crippen LogP contribution < -0.4 is 0 Å². The number of hydrogen-bond acceptors (Lipinski definition) is 2. The highest BCUT2D eigenvalue weighted by Gasteiger charge is 2.18. The van der Waals surface area contributed by atoms with E-state index in [1.54, 1.807) is 0 Å². The molecule has 298 valence electrons. The number of hydrogen-bond donors (Lipinski definition) is 0. The lowest BCUT2D eigenvalue weighted by Crippen LogP contribution is -1.94. The first kappa shape index (κ1) is 35.0. The van der Waals surface area contributed by atoms with Crippen molar-refractivity contribution >= 4 is 87.5 Å². The van der Waals surface area contributed by atoms with Gasteiger partial charge >= 0.3 is 0 Å². The molecule has 14 rings (SSSR count). The summed E-state index contributed by atoms with van der Waals surface area (Å²) in [5, 5.41) is 9.23. The average molecular weight is 817 g/mol. The standard InChI is InChI=1S/C60H36N2O2/c1-2-12-43(13-3-1)61-55-20-9-6-17-47(55)48-32-41(25-28-56(48)61)42-27-30-58-50(34-42)52-36-59-51(35-60(52)64-58)49-33-40(26-29-57(49)63-59)38-23-21-37(22-24-38)39-11-10-14-44(31-39)62-53-18-7-4-15-45(53)46-16-5-8-19-54(46)62/h1-36H. The predicted octanol–water partition coefficient (Wildman–Crippen LogP) is 16.7. The molecule has 0 amide bonds. The van der Waals surface area contributed by atoms with Crippen LogP contribution in [0, 0.1) is 0 Å². The Bertz CT molecular complexity index is 4130. The van der Waals surface area contributed by atoms with Crippen LogP contribution in [0.4, 0.5) is 0 Å². The molecule has 0 saturated carbocycles. The van der Waals surface area contributed by atoms with Crippen molar-refractivity contribution in [2.75, 3.05) is 0 Å². The van der Waals surface area contributed by atoms with E-state index < -0.39 is 0 Å². The second-order valence-electron chi connectivity index (χ2n) is 16.9. The zero-order chi connectivity index (χ0) is 41.9. The monoisotopic (exact) mass is 816 g/mol. The summed E-state index contributed by atoms with van der Waals surface area (Å²) in [5.41, 5.74) is 17.5. The molecular weight excluding hydrogens is 781 g/mol. The fraction of sp³-hybridized carbons (Fsp3) is 0. The van der Waals surface area contributed by atoms with Gasteiger partial charge in [0.15, 0.2) is 0 Å². The van der Waals surface area contributed by atoms with Gasteiger partial charge in [0.25, 0.3) is 0 Å². The Labute approximate surface area is 367 Å². The second kappa shape index (κ2) is 13.4. The van der Waals surface area contributed by atoms with Gasteiger partial charge in [0.1, 0.15) is 22.3 Å².